The van der Waals surface area contributed by atoms with Gasteiger partial charge in [0.1, 0.15) is 0 Å². The highest BCUT2D eigenvalue weighted by atomic mass is 32.2. The minimum atomic E-state index is 0.362. The van der Waals surface area contributed by atoms with Crippen LogP contribution in [-0.4, -0.2) is 30.2 Å². The SMILES string of the molecule is NC1=N[C@@H]2COC[C@H]2CS1. The Bertz CT molecular complexity index is 171. The zero-order valence-corrected chi connectivity index (χ0v) is 6.43. The van der Waals surface area contributed by atoms with Crippen molar-refractivity contribution in [2.45, 2.75) is 6.04 Å². The molecular formula is C6H10N2OS. The fourth-order valence-corrected chi connectivity index (χ4v) is 2.20. The second kappa shape index (κ2) is 2.43. The van der Waals surface area contributed by atoms with Crippen LogP contribution in [0.15, 0.2) is 4.99 Å². The largest absolute Gasteiger partial charge is 0.379 e. The summed E-state index contributed by atoms with van der Waals surface area (Å²) in [6.07, 6.45) is 0. The predicted octanol–water partition coefficient (Wildman–Crippen LogP) is 0.0629. The number of fused-ring (bicyclic) bond motifs is 1. The van der Waals surface area contributed by atoms with Gasteiger partial charge in [-0.2, -0.15) is 0 Å². The molecule has 0 bridgehead atoms. The first-order chi connectivity index (χ1) is 4.86. The Morgan fingerprint density at radius 1 is 1.60 bits per heavy atom. The average Bonchev–Trinajstić information content (AvgIpc) is 2.33. The van der Waals surface area contributed by atoms with Crippen LogP contribution in [0, 0.1) is 5.92 Å². The molecule has 0 aromatic carbocycles. The topological polar surface area (TPSA) is 47.6 Å². The third kappa shape index (κ3) is 1.01. The first kappa shape index (κ1) is 6.49. The smallest absolute Gasteiger partial charge is 0.154 e. The second-order valence-electron chi connectivity index (χ2n) is 2.64. The van der Waals surface area contributed by atoms with Gasteiger partial charge in [0, 0.05) is 11.7 Å². The number of hydrogen-bond donors (Lipinski definition) is 1. The standard InChI is InChI=1S/C6H10N2OS/c7-6-8-5-2-9-1-4(5)3-10-6/h4-5H,1-3H2,(H2,7,8)/t4-,5+/m0/s1. The van der Waals surface area contributed by atoms with Crippen molar-refractivity contribution in [3.8, 4) is 0 Å². The van der Waals surface area contributed by atoms with Crippen LogP contribution in [0.5, 0.6) is 0 Å². The van der Waals surface area contributed by atoms with Crippen molar-refractivity contribution in [3.63, 3.8) is 0 Å². The van der Waals surface area contributed by atoms with Crippen LogP contribution in [0.2, 0.25) is 0 Å². The van der Waals surface area contributed by atoms with Gasteiger partial charge in [0.25, 0.3) is 0 Å². The Labute approximate surface area is 64.0 Å². The quantitative estimate of drug-likeness (QED) is 0.542. The molecule has 0 aromatic heterocycles. The lowest BCUT2D eigenvalue weighted by molar-refractivity contribution is 0.187. The van der Waals surface area contributed by atoms with Gasteiger partial charge in [0.15, 0.2) is 5.17 Å². The Hall–Kier alpha value is -0.220. The van der Waals surface area contributed by atoms with Crippen molar-refractivity contribution in [2.24, 2.45) is 16.6 Å². The average molecular weight is 158 g/mol. The van der Waals surface area contributed by atoms with Crippen LogP contribution in [0.4, 0.5) is 0 Å². The van der Waals surface area contributed by atoms with Gasteiger partial charge in [0.05, 0.1) is 19.3 Å². The summed E-state index contributed by atoms with van der Waals surface area (Å²) in [5.74, 6) is 1.71. The number of nitrogens with zero attached hydrogens (tertiary/aromatic N) is 1. The van der Waals surface area contributed by atoms with Crippen LogP contribution in [0.1, 0.15) is 0 Å². The lowest BCUT2D eigenvalue weighted by Crippen LogP contribution is -2.28. The zero-order chi connectivity index (χ0) is 6.97. The fourth-order valence-electron chi connectivity index (χ4n) is 1.28. The van der Waals surface area contributed by atoms with Gasteiger partial charge in [0.2, 0.25) is 0 Å². The van der Waals surface area contributed by atoms with Crippen molar-refractivity contribution in [1.29, 1.82) is 0 Å². The summed E-state index contributed by atoms with van der Waals surface area (Å²) in [5, 5.41) is 0.728. The number of hydrogen-bond acceptors (Lipinski definition) is 4. The van der Waals surface area contributed by atoms with Crippen LogP contribution < -0.4 is 5.73 Å². The van der Waals surface area contributed by atoms with Crippen molar-refractivity contribution in [2.75, 3.05) is 19.0 Å². The molecule has 0 amide bonds. The summed E-state index contributed by atoms with van der Waals surface area (Å²) in [5.41, 5.74) is 5.55. The molecule has 0 aliphatic carbocycles. The van der Waals surface area contributed by atoms with E-state index in [-0.39, 0.29) is 0 Å². The van der Waals surface area contributed by atoms with Gasteiger partial charge < -0.3 is 10.5 Å². The maximum atomic E-state index is 5.55. The number of thioether (sulfide) groups is 1. The number of aliphatic imine (C=N–C) groups is 1. The summed E-state index contributed by atoms with van der Waals surface area (Å²) in [4.78, 5) is 4.28. The Morgan fingerprint density at radius 2 is 2.50 bits per heavy atom. The fraction of sp³-hybridized carbons (Fsp3) is 0.833. The van der Waals surface area contributed by atoms with Crippen LogP contribution in [0.3, 0.4) is 0 Å². The lowest BCUT2D eigenvalue weighted by atomic mass is 10.1. The number of rotatable bonds is 0. The van der Waals surface area contributed by atoms with E-state index >= 15 is 0 Å². The molecular weight excluding hydrogens is 148 g/mol. The van der Waals surface area contributed by atoms with E-state index < -0.39 is 0 Å². The van der Waals surface area contributed by atoms with Gasteiger partial charge in [-0.05, 0) is 0 Å². The summed E-state index contributed by atoms with van der Waals surface area (Å²) in [6.45, 7) is 1.64. The molecule has 4 heteroatoms. The summed E-state index contributed by atoms with van der Waals surface area (Å²) >= 11 is 1.64. The molecule has 2 heterocycles. The van der Waals surface area contributed by atoms with Gasteiger partial charge in [-0.3, -0.25) is 4.99 Å². The molecule has 10 heavy (non-hydrogen) atoms. The van der Waals surface area contributed by atoms with E-state index in [2.05, 4.69) is 4.99 Å². The lowest BCUT2D eigenvalue weighted by Gasteiger charge is -2.18. The van der Waals surface area contributed by atoms with E-state index in [9.17, 15) is 0 Å². The van der Waals surface area contributed by atoms with E-state index in [4.69, 9.17) is 10.5 Å². The van der Waals surface area contributed by atoms with Crippen LogP contribution in [-0.2, 0) is 4.74 Å². The molecule has 3 nitrogen and oxygen atoms in total. The highest BCUT2D eigenvalue weighted by molar-refractivity contribution is 8.13. The van der Waals surface area contributed by atoms with Crippen molar-refractivity contribution >= 4 is 16.9 Å². The normalized spacial score (nSPS) is 39.0. The van der Waals surface area contributed by atoms with Gasteiger partial charge in [-0.25, -0.2) is 0 Å². The maximum absolute atomic E-state index is 5.55. The zero-order valence-electron chi connectivity index (χ0n) is 5.62. The third-order valence-electron chi connectivity index (χ3n) is 1.90. The molecule has 0 aromatic rings. The number of nitrogens with two attached hydrogens (primary N) is 1. The number of ether oxygens (including phenoxy) is 1. The summed E-state index contributed by atoms with van der Waals surface area (Å²) in [6, 6.07) is 0.362. The van der Waals surface area contributed by atoms with Crippen LogP contribution >= 0.6 is 11.8 Å². The van der Waals surface area contributed by atoms with Crippen molar-refractivity contribution < 1.29 is 4.74 Å². The van der Waals surface area contributed by atoms with E-state index in [0.717, 1.165) is 24.1 Å². The van der Waals surface area contributed by atoms with Gasteiger partial charge in [-0.1, -0.05) is 11.8 Å². The third-order valence-corrected chi connectivity index (χ3v) is 2.90. The Kier molecular flexibility index (Phi) is 1.58. The minimum Gasteiger partial charge on any atom is -0.379 e. The van der Waals surface area contributed by atoms with Crippen molar-refractivity contribution in [3.05, 3.63) is 0 Å². The molecule has 0 saturated carbocycles. The summed E-state index contributed by atoms with van der Waals surface area (Å²) in [7, 11) is 0. The highest BCUT2D eigenvalue weighted by Crippen LogP contribution is 2.26. The molecule has 2 N–H and O–H groups in total. The maximum Gasteiger partial charge on any atom is 0.154 e. The van der Waals surface area contributed by atoms with Gasteiger partial charge in [-0.15, -0.1) is 0 Å². The molecule has 2 aliphatic heterocycles. The summed E-state index contributed by atoms with van der Waals surface area (Å²) < 4.78 is 5.26. The molecule has 56 valence electrons. The first-order valence-corrected chi connectivity index (χ1v) is 4.38. The Morgan fingerprint density at radius 3 is 3.40 bits per heavy atom. The van der Waals surface area contributed by atoms with E-state index in [1.807, 2.05) is 0 Å². The molecule has 2 atom stereocenters. The van der Waals surface area contributed by atoms with E-state index in [1.54, 1.807) is 11.8 Å². The second-order valence-corrected chi connectivity index (χ2v) is 3.68. The van der Waals surface area contributed by atoms with Crippen LogP contribution in [0.25, 0.3) is 0 Å². The molecule has 0 radical (unpaired) electrons. The molecule has 0 spiro atoms. The first-order valence-electron chi connectivity index (χ1n) is 3.40. The Balaban J connectivity index is 2.13. The molecule has 2 rings (SSSR count). The van der Waals surface area contributed by atoms with E-state index in [1.165, 1.54) is 0 Å². The van der Waals surface area contributed by atoms with Gasteiger partial charge >= 0.3 is 0 Å². The molecule has 1 fully saturated rings. The highest BCUT2D eigenvalue weighted by Gasteiger charge is 2.31. The monoisotopic (exact) mass is 158 g/mol. The van der Waals surface area contributed by atoms with E-state index in [0.29, 0.717) is 12.0 Å². The molecule has 2 aliphatic rings. The number of amidine groups is 1. The minimum absolute atomic E-state index is 0.362. The molecule has 1 saturated heterocycles. The predicted molar refractivity (Wildman–Crippen MR) is 42.2 cm³/mol. The molecule has 0 unspecified atom stereocenters. The van der Waals surface area contributed by atoms with Crippen molar-refractivity contribution in [1.82, 2.24) is 0 Å².